The van der Waals surface area contributed by atoms with Crippen LogP contribution < -0.4 is 19.7 Å². The number of aryl methyl sites for hydroxylation is 1. The van der Waals surface area contributed by atoms with Crippen molar-refractivity contribution in [2.75, 3.05) is 31.2 Å². The predicted molar refractivity (Wildman–Crippen MR) is 188 cm³/mol. The summed E-state index contributed by atoms with van der Waals surface area (Å²) in [5, 5.41) is 2.82. The van der Waals surface area contributed by atoms with E-state index in [2.05, 4.69) is 27.1 Å². The fourth-order valence-corrected chi connectivity index (χ4v) is 9.34. The highest BCUT2D eigenvalue weighted by molar-refractivity contribution is 7.90. The Kier molecular flexibility index (Phi) is 10.2. The molecule has 2 bridgehead atoms. The Morgan fingerprint density at radius 2 is 2.00 bits per heavy atom. The van der Waals surface area contributed by atoms with Gasteiger partial charge >= 0.3 is 0 Å². The van der Waals surface area contributed by atoms with Gasteiger partial charge in [0.25, 0.3) is 5.91 Å². The maximum atomic E-state index is 13.5. The number of nitrogens with one attached hydrogen (secondary N) is 2. The number of benzene rings is 2. The largest absolute Gasteiger partial charge is 0.490 e. The molecule has 2 heterocycles. The van der Waals surface area contributed by atoms with Gasteiger partial charge in [0.1, 0.15) is 12.4 Å². The van der Waals surface area contributed by atoms with Gasteiger partial charge < -0.3 is 19.7 Å². The maximum absolute atomic E-state index is 13.5. The first-order chi connectivity index (χ1) is 22.8. The van der Waals surface area contributed by atoms with E-state index >= 15 is 0 Å². The minimum Gasteiger partial charge on any atom is -0.490 e. The summed E-state index contributed by atoms with van der Waals surface area (Å²) in [6.45, 7) is 9.15. The Hall–Kier alpha value is -3.08. The van der Waals surface area contributed by atoms with Gasteiger partial charge in [-0.15, -0.1) is 0 Å². The molecular formula is C37H48ClN3O6S. The summed E-state index contributed by atoms with van der Waals surface area (Å²) in [4.78, 5) is 28.4. The fraction of sp³-hybridized carbons (Fsp3) is 0.568. The summed E-state index contributed by atoms with van der Waals surface area (Å²) in [6, 6.07) is 11.4. The second kappa shape index (κ2) is 14.0. The van der Waals surface area contributed by atoms with Gasteiger partial charge in [-0.25, -0.2) is 13.1 Å². The lowest BCUT2D eigenvalue weighted by Crippen LogP contribution is -2.50. The van der Waals surface area contributed by atoms with E-state index in [1.165, 1.54) is 11.1 Å². The Morgan fingerprint density at radius 1 is 1.19 bits per heavy atom. The maximum Gasteiger partial charge on any atom is 0.264 e. The number of sulfonamides is 1. The first kappa shape index (κ1) is 34.8. The molecule has 2 aromatic carbocycles. The minimum atomic E-state index is -3.97. The first-order valence-electron chi connectivity index (χ1n) is 17.3. The highest BCUT2D eigenvalue weighted by atomic mass is 35.5. The van der Waals surface area contributed by atoms with Crippen molar-refractivity contribution in [3.63, 3.8) is 0 Å². The summed E-state index contributed by atoms with van der Waals surface area (Å²) < 4.78 is 42.0. The molecule has 6 rings (SSSR count). The minimum absolute atomic E-state index is 0.0124. The number of ether oxygens (including phenoxy) is 2. The normalized spacial score (nSPS) is 30.6. The number of rotatable bonds is 4. The molecule has 1 fully saturated rings. The zero-order valence-corrected chi connectivity index (χ0v) is 29.9. The second-order valence-electron chi connectivity index (χ2n) is 14.6. The van der Waals surface area contributed by atoms with Crippen LogP contribution in [-0.2, 0) is 31.4 Å². The first-order valence-corrected chi connectivity index (χ1v) is 19.2. The van der Waals surface area contributed by atoms with E-state index in [0.717, 1.165) is 42.8 Å². The van der Waals surface area contributed by atoms with Gasteiger partial charge in [-0.3, -0.25) is 9.59 Å². The van der Waals surface area contributed by atoms with Crippen molar-refractivity contribution in [3.05, 3.63) is 70.3 Å². The molecule has 1 spiro atoms. The molecule has 2 N–H and O–H groups in total. The predicted octanol–water partition coefficient (Wildman–Crippen LogP) is 5.79. The summed E-state index contributed by atoms with van der Waals surface area (Å²) in [5.41, 5.74) is 3.25. The topological polar surface area (TPSA) is 114 Å². The molecule has 4 aliphatic rings. The van der Waals surface area contributed by atoms with Crippen LogP contribution in [0.2, 0.25) is 5.02 Å². The second-order valence-corrected chi connectivity index (χ2v) is 17.1. The molecule has 0 aromatic heterocycles. The SMILES string of the molecule is CC(C)NC(=O)CO[C@H]1/C=C/C[C@H](C)[C@@H](C)S(=O)(=O)NC(=O)c2ccc3c(c2)N(C[C@@H]2CC[C@H]21)C[C@@]1(CCCc2cc(Cl)ccc21)CO3. The van der Waals surface area contributed by atoms with E-state index < -0.39 is 21.2 Å². The third-order valence-electron chi connectivity index (χ3n) is 10.9. The average molecular weight is 698 g/mol. The molecule has 2 aromatic rings. The summed E-state index contributed by atoms with van der Waals surface area (Å²) in [7, 11) is -3.97. The van der Waals surface area contributed by atoms with Gasteiger partial charge in [-0.05, 0) is 119 Å². The molecule has 6 atom stereocenters. The van der Waals surface area contributed by atoms with Gasteiger partial charge in [-0.2, -0.15) is 0 Å². The van der Waals surface area contributed by atoms with Crippen LogP contribution >= 0.6 is 11.6 Å². The van der Waals surface area contributed by atoms with Crippen LogP contribution in [0.4, 0.5) is 5.69 Å². The van der Waals surface area contributed by atoms with Gasteiger partial charge in [0.15, 0.2) is 0 Å². The van der Waals surface area contributed by atoms with Crippen LogP contribution in [0.5, 0.6) is 5.75 Å². The summed E-state index contributed by atoms with van der Waals surface area (Å²) >= 11 is 6.43. The lowest BCUT2D eigenvalue weighted by atomic mass is 9.68. The van der Waals surface area contributed by atoms with E-state index in [-0.39, 0.29) is 53.4 Å². The van der Waals surface area contributed by atoms with Crippen LogP contribution in [0.3, 0.4) is 0 Å². The average Bonchev–Trinajstić information content (AvgIpc) is 3.17. The Balaban J connectivity index is 1.39. The highest BCUT2D eigenvalue weighted by Gasteiger charge is 2.44. The zero-order chi connectivity index (χ0) is 34.2. The van der Waals surface area contributed by atoms with Crippen LogP contribution in [0, 0.1) is 17.8 Å². The Labute approximate surface area is 289 Å². The van der Waals surface area contributed by atoms with Crippen molar-refractivity contribution in [1.29, 1.82) is 0 Å². The van der Waals surface area contributed by atoms with Crippen molar-refractivity contribution in [3.8, 4) is 5.75 Å². The molecule has 11 heteroatoms. The van der Waals surface area contributed by atoms with Crippen LogP contribution in [0.15, 0.2) is 48.6 Å². The van der Waals surface area contributed by atoms with Crippen LogP contribution in [-0.4, -0.2) is 63.9 Å². The summed E-state index contributed by atoms with van der Waals surface area (Å²) in [5.74, 6) is 0.0440. The number of allylic oxidation sites excluding steroid dienone is 1. The molecule has 0 radical (unpaired) electrons. The number of hydrogen-bond donors (Lipinski definition) is 2. The van der Waals surface area contributed by atoms with E-state index in [4.69, 9.17) is 21.1 Å². The standard InChI is InChI=1S/C37H48ClN3O6S/c1-23(2)39-35(42)20-46-33-9-5-7-24(3)25(4)48(44,45)40-36(43)27-11-15-34-32(18-27)41(19-28-10-13-30(28)33)21-37(22-47-34)16-6-8-26-17-29(38)12-14-31(26)37/h5,9,11-12,14-15,17-18,23-25,28,30,33H,6-8,10,13,16,19-22H2,1-4H3,(H,39,42)(H,40,43)/b9-5+/t24-,25+,28-,30+,33-,37-/m0/s1. The number of carbonyl (C=O) groups is 2. The molecule has 2 aliphatic heterocycles. The van der Waals surface area contributed by atoms with Gasteiger partial charge in [0.2, 0.25) is 15.9 Å². The lowest BCUT2D eigenvalue weighted by Gasteiger charge is -2.46. The van der Waals surface area contributed by atoms with Crippen LogP contribution in [0.1, 0.15) is 81.3 Å². The highest BCUT2D eigenvalue weighted by Crippen LogP contribution is 2.47. The number of anilines is 1. The number of hydrogen-bond acceptors (Lipinski definition) is 7. The van der Waals surface area contributed by atoms with Gasteiger partial charge in [-0.1, -0.05) is 36.7 Å². The van der Waals surface area contributed by atoms with Gasteiger partial charge in [0, 0.05) is 35.1 Å². The number of fused-ring (bicyclic) bond motifs is 4. The van der Waals surface area contributed by atoms with Crippen molar-refractivity contribution < 1.29 is 27.5 Å². The third-order valence-corrected chi connectivity index (χ3v) is 13.0. The molecule has 0 unspecified atom stereocenters. The smallest absolute Gasteiger partial charge is 0.264 e. The molecule has 2 aliphatic carbocycles. The molecule has 48 heavy (non-hydrogen) atoms. The van der Waals surface area contributed by atoms with Crippen molar-refractivity contribution in [2.45, 2.75) is 89.0 Å². The van der Waals surface area contributed by atoms with E-state index in [1.54, 1.807) is 25.1 Å². The fourth-order valence-electron chi connectivity index (χ4n) is 7.86. The quantitative estimate of drug-likeness (QED) is 0.389. The lowest BCUT2D eigenvalue weighted by molar-refractivity contribution is -0.129. The van der Waals surface area contributed by atoms with Gasteiger partial charge in [0.05, 0.1) is 23.6 Å². The van der Waals surface area contributed by atoms with Crippen molar-refractivity contribution in [2.24, 2.45) is 17.8 Å². The Bertz CT molecular complexity index is 1680. The molecule has 1 saturated carbocycles. The molecule has 260 valence electrons. The Morgan fingerprint density at radius 3 is 2.75 bits per heavy atom. The van der Waals surface area contributed by atoms with Crippen molar-refractivity contribution >= 4 is 39.1 Å². The van der Waals surface area contributed by atoms with Crippen molar-refractivity contribution in [1.82, 2.24) is 10.0 Å². The number of carbonyl (C=O) groups excluding carboxylic acids is 2. The number of halogens is 1. The van der Waals surface area contributed by atoms with E-state index in [1.807, 2.05) is 39.0 Å². The monoisotopic (exact) mass is 697 g/mol. The summed E-state index contributed by atoms with van der Waals surface area (Å²) in [6.07, 6.45) is 9.06. The number of amides is 2. The zero-order valence-electron chi connectivity index (χ0n) is 28.3. The molecule has 9 nitrogen and oxygen atoms in total. The van der Waals surface area contributed by atoms with E-state index in [0.29, 0.717) is 31.9 Å². The van der Waals surface area contributed by atoms with E-state index in [9.17, 15) is 18.0 Å². The van der Waals surface area contributed by atoms with Crippen LogP contribution in [0.25, 0.3) is 0 Å². The molecular weight excluding hydrogens is 650 g/mol. The molecule has 0 saturated heterocycles. The third kappa shape index (κ3) is 7.26. The molecule has 2 amide bonds. The number of nitrogens with zero attached hydrogens (tertiary/aromatic N) is 1.